The number of hydrogen-bond acceptors (Lipinski definition) is 36. The summed E-state index contributed by atoms with van der Waals surface area (Å²) in [5.41, 5.74) is 3.90. The van der Waals surface area contributed by atoms with E-state index in [1.54, 1.807) is 124 Å². The van der Waals surface area contributed by atoms with Crippen molar-refractivity contribution >= 4 is 108 Å². The standard InChI is InChI=1S/C13H14N2O2.C12H12N2O2.2C11H11N3O2.C11H10N2O2.2C10H9N3O2.C7H10N2O2/c1-14-10-11(13(17)12(10)16)15-8-7-9-5-3-2-4-6-9;1-13-9-10(12(16)11(9)15)14-7-8-5-3-2-4-6-8;1-12-8-9(11(16)10(8)15)14-6-7-2-4-13-5-3-7;1-12-8-9(11(16)10(8)15)14-6-7-4-2-3-5-13-7;1-12-8-9(11(15)10(8)14)13-7-5-3-2-4-6-7;1-11-7-8(10(15)9(7)14)13-6-3-2-4-12-5-6;1-11-7-8(10(15)9(7)14)13-6-4-2-3-5-12-6;1-3-9-5-4(8-2)6(10)7(5)11/h2-6,14-15H,7-8H2,1H3;2-6,13-14H,7H2,1H3;2*2-5,12,14H,6H2,1H3;2-6,12-13H,1H3;2-5,11,13H,1H3;2-5,11H,1H3,(H,12,13);8-9H,3H2,1-2H3. The number of benzene rings is 3. The highest BCUT2D eigenvalue weighted by Gasteiger charge is 2.25. The van der Waals surface area contributed by atoms with Gasteiger partial charge in [-0.15, -0.1) is 0 Å². The van der Waals surface area contributed by atoms with E-state index in [4.69, 9.17) is 0 Å². The van der Waals surface area contributed by atoms with E-state index >= 15 is 0 Å². The van der Waals surface area contributed by atoms with Crippen LogP contribution in [-0.2, 0) is 26.1 Å². The van der Waals surface area contributed by atoms with Crippen molar-refractivity contribution in [3.63, 3.8) is 0 Å². The van der Waals surface area contributed by atoms with Crippen molar-refractivity contribution in [2.24, 2.45) is 0 Å². The Morgan fingerprint density at radius 2 is 0.554 bits per heavy atom. The first-order valence-electron chi connectivity index (χ1n) is 37.2. The van der Waals surface area contributed by atoms with E-state index in [0.29, 0.717) is 130 Å². The molecule has 15 rings (SSSR count). The first kappa shape index (κ1) is 90.2. The fraction of sp³-hybridized carbons (Fsp3) is 0.176. The molecule has 4 aromatic heterocycles. The normalized spacial score (nSPS) is 10.3. The van der Waals surface area contributed by atoms with Gasteiger partial charge in [-0.1, -0.05) is 91.0 Å². The second kappa shape index (κ2) is 44.0. The van der Waals surface area contributed by atoms with Crippen LogP contribution in [0.4, 0.5) is 108 Å². The highest BCUT2D eigenvalue weighted by Crippen LogP contribution is 2.23. The van der Waals surface area contributed by atoms with Crippen LogP contribution in [0.5, 0.6) is 0 Å². The fourth-order valence-corrected chi connectivity index (χ4v) is 11.4. The number of pyridine rings is 4. The summed E-state index contributed by atoms with van der Waals surface area (Å²) < 4.78 is 0. The number of aromatic nitrogens is 4. The molecule has 0 spiro atoms. The minimum Gasteiger partial charge on any atom is -0.383 e. The maximum atomic E-state index is 11.3. The van der Waals surface area contributed by atoms with Crippen molar-refractivity contribution in [1.29, 1.82) is 0 Å². The van der Waals surface area contributed by atoms with Gasteiger partial charge < -0.3 is 85.1 Å². The summed E-state index contributed by atoms with van der Waals surface area (Å²) in [4.78, 5) is 194. The van der Waals surface area contributed by atoms with Crippen molar-refractivity contribution in [2.75, 3.05) is 155 Å². The summed E-state index contributed by atoms with van der Waals surface area (Å²) in [5.74, 6) is 0.543. The molecule has 121 heavy (non-hydrogen) atoms. The van der Waals surface area contributed by atoms with E-state index < -0.39 is 86.9 Å². The van der Waals surface area contributed by atoms with Gasteiger partial charge in [0.15, 0.2) is 0 Å². The van der Waals surface area contributed by atoms with Gasteiger partial charge in [-0.2, -0.15) is 0 Å². The lowest BCUT2D eigenvalue weighted by Crippen LogP contribution is -2.37. The van der Waals surface area contributed by atoms with Gasteiger partial charge in [0.05, 0.1) is 24.1 Å². The zero-order valence-electron chi connectivity index (χ0n) is 67.0. The molecule has 0 aliphatic carbocycles. The molecule has 0 radical (unpaired) electrons. The Morgan fingerprint density at radius 3 is 0.926 bits per heavy atom. The Labute approximate surface area is 687 Å². The van der Waals surface area contributed by atoms with Crippen LogP contribution >= 0.6 is 0 Å². The summed E-state index contributed by atoms with van der Waals surface area (Å²) in [6.45, 7) is 4.64. The first-order valence-corrected chi connectivity index (χ1v) is 37.2. The molecule has 11 aromatic carbocycles. The van der Waals surface area contributed by atoms with E-state index in [1.165, 1.54) is 5.56 Å². The number of nitrogens with zero attached hydrogens (tertiary/aromatic N) is 4. The van der Waals surface area contributed by atoms with Gasteiger partial charge in [-0.3, -0.25) is 91.7 Å². The van der Waals surface area contributed by atoms with Crippen molar-refractivity contribution < 1.29 is 0 Å². The van der Waals surface area contributed by atoms with Gasteiger partial charge in [-0.05, 0) is 90.7 Å². The Kier molecular flexibility index (Phi) is 32.8. The molecular formula is C85H86N20O16. The summed E-state index contributed by atoms with van der Waals surface area (Å²) >= 11 is 0. The molecule has 622 valence electrons. The van der Waals surface area contributed by atoms with Crippen molar-refractivity contribution in [3.05, 3.63) is 375 Å². The Hall–Kier alpha value is -16.3. The summed E-state index contributed by atoms with van der Waals surface area (Å²) in [5, 5.41) is 44.7. The lowest BCUT2D eigenvalue weighted by atomic mass is 10.1. The average molecular weight is 1640 g/mol. The monoisotopic (exact) mass is 1640 g/mol. The molecule has 0 amide bonds. The topological polar surface area (TPSA) is 517 Å². The smallest absolute Gasteiger partial charge is 0.253 e. The highest BCUT2D eigenvalue weighted by molar-refractivity contribution is 5.81. The zero-order valence-corrected chi connectivity index (χ0v) is 67.0. The second-order valence-corrected chi connectivity index (χ2v) is 25.4. The van der Waals surface area contributed by atoms with Gasteiger partial charge in [0.25, 0.3) is 86.9 Å². The maximum absolute atomic E-state index is 11.3. The largest absolute Gasteiger partial charge is 0.383 e. The molecule has 0 bridgehead atoms. The van der Waals surface area contributed by atoms with Gasteiger partial charge in [0.2, 0.25) is 0 Å². The number of nitrogens with one attached hydrogen (secondary N) is 16. The highest BCUT2D eigenvalue weighted by atomic mass is 16.2. The predicted octanol–water partition coefficient (Wildman–Crippen LogP) is 4.33. The quantitative estimate of drug-likeness (QED) is 0.0290. The molecule has 0 atom stereocenters. The first-order chi connectivity index (χ1) is 58.4. The average Bonchev–Trinajstić information content (AvgIpc) is 0.768. The number of para-hydroxylation sites is 1. The van der Waals surface area contributed by atoms with Gasteiger partial charge in [0, 0.05) is 119 Å². The lowest BCUT2D eigenvalue weighted by molar-refractivity contribution is 1.01. The molecular weight excluding hydrogens is 1560 g/mol. The Morgan fingerprint density at radius 1 is 0.240 bits per heavy atom. The number of rotatable bonds is 29. The molecule has 36 heteroatoms. The van der Waals surface area contributed by atoms with Crippen molar-refractivity contribution in [2.45, 2.75) is 33.0 Å². The van der Waals surface area contributed by atoms with Crippen LogP contribution in [0, 0.1) is 0 Å². The molecule has 16 N–H and O–H groups in total. The van der Waals surface area contributed by atoms with Crippen molar-refractivity contribution in [1.82, 2.24) is 19.9 Å². The fourth-order valence-electron chi connectivity index (χ4n) is 11.4. The van der Waals surface area contributed by atoms with Gasteiger partial charge >= 0.3 is 0 Å². The minimum atomic E-state index is -0.509. The van der Waals surface area contributed by atoms with Gasteiger partial charge in [0.1, 0.15) is 96.8 Å². The van der Waals surface area contributed by atoms with E-state index in [9.17, 15) is 76.7 Å². The van der Waals surface area contributed by atoms with Crippen LogP contribution < -0.4 is 172 Å². The molecule has 0 aliphatic rings. The van der Waals surface area contributed by atoms with Crippen molar-refractivity contribution in [3.8, 4) is 0 Å². The molecule has 0 aliphatic heterocycles. The van der Waals surface area contributed by atoms with Crippen LogP contribution in [0.25, 0.3) is 0 Å². The van der Waals surface area contributed by atoms with Gasteiger partial charge in [-0.25, -0.2) is 4.98 Å². The second-order valence-electron chi connectivity index (χ2n) is 25.4. The van der Waals surface area contributed by atoms with E-state index in [-0.39, 0.29) is 5.69 Å². The van der Waals surface area contributed by atoms with E-state index in [0.717, 1.165) is 28.9 Å². The summed E-state index contributed by atoms with van der Waals surface area (Å²) in [6, 6.07) is 46.9. The lowest BCUT2D eigenvalue weighted by Gasteiger charge is -2.12. The summed E-state index contributed by atoms with van der Waals surface area (Å²) in [7, 11) is 12.9. The zero-order chi connectivity index (χ0) is 87.8. The minimum absolute atomic E-state index is 0.279. The molecule has 0 saturated carbocycles. The summed E-state index contributed by atoms with van der Waals surface area (Å²) in [6.07, 6.45) is 10.7. The third-order valence-corrected chi connectivity index (χ3v) is 17.8. The molecule has 0 unspecified atom stereocenters. The van der Waals surface area contributed by atoms with E-state index in [1.807, 2.05) is 128 Å². The maximum Gasteiger partial charge on any atom is 0.253 e. The number of anilines is 19. The van der Waals surface area contributed by atoms with Crippen LogP contribution in [0.15, 0.2) is 266 Å². The van der Waals surface area contributed by atoms with Crippen LogP contribution in [0.2, 0.25) is 0 Å². The molecule has 36 nitrogen and oxygen atoms in total. The molecule has 0 saturated heterocycles. The predicted molar refractivity (Wildman–Crippen MR) is 482 cm³/mol. The SMILES string of the molecule is CCNc1c(NC)c(=O)c1=O.CNc1c(NCCc2ccccc2)c(=O)c1=O.CNc1c(NCc2ccccc2)c(=O)c1=O.CNc1c(NCc2ccccn2)c(=O)c1=O.CNc1c(NCc2ccncc2)c(=O)c1=O.CNc1c(Nc2ccccc2)c(=O)c1=O.CNc1c(Nc2ccccn2)c(=O)c1=O.CNc1c(Nc2cccnc2)c(=O)c1=O. The number of hydrogen-bond donors (Lipinski definition) is 16. The molecule has 0 fully saturated rings. The third kappa shape index (κ3) is 22.2. The van der Waals surface area contributed by atoms with Crippen LogP contribution in [0.3, 0.4) is 0 Å². The molecule has 15 aromatic rings. The molecule has 4 heterocycles. The Balaban J connectivity index is 0.000000172. The third-order valence-electron chi connectivity index (χ3n) is 17.8. The van der Waals surface area contributed by atoms with Crippen LogP contribution in [-0.4, -0.2) is 89.4 Å². The van der Waals surface area contributed by atoms with E-state index in [2.05, 4.69) is 105 Å². The Bertz CT molecular complexity index is 6060. The van der Waals surface area contributed by atoms with Crippen LogP contribution in [0.1, 0.15) is 29.3 Å².